The van der Waals surface area contributed by atoms with Crippen LogP contribution in [0.5, 0.6) is 0 Å². The van der Waals surface area contributed by atoms with Gasteiger partial charge in [0, 0.05) is 15.9 Å². The van der Waals surface area contributed by atoms with Gasteiger partial charge in [-0.2, -0.15) is 0 Å². The largest absolute Gasteiger partial charge is 0.464 e. The van der Waals surface area contributed by atoms with Crippen molar-refractivity contribution in [2.75, 3.05) is 0 Å². The molecule has 1 aliphatic carbocycles. The van der Waals surface area contributed by atoms with Crippen molar-refractivity contribution in [3.05, 3.63) is 35.0 Å². The summed E-state index contributed by atoms with van der Waals surface area (Å²) >= 11 is 5.93. The zero-order valence-corrected chi connectivity index (χ0v) is 13.3. The number of carbonyl (C=O) groups excluding carboxylic acids is 1. The Morgan fingerprint density at radius 2 is 1.96 bits per heavy atom. The molecule has 2 aromatic rings. The van der Waals surface area contributed by atoms with Gasteiger partial charge in [0.1, 0.15) is 5.69 Å². The smallest absolute Gasteiger partial charge is 0.426 e. The number of halogens is 1. The molecule has 1 saturated carbocycles. The first kappa shape index (κ1) is 15.7. The van der Waals surface area contributed by atoms with Crippen LogP contribution >= 0.6 is 11.6 Å². The van der Waals surface area contributed by atoms with Crippen molar-refractivity contribution in [3.63, 3.8) is 0 Å². The van der Waals surface area contributed by atoms with Crippen molar-refractivity contribution >= 4 is 34.5 Å². The van der Waals surface area contributed by atoms with Gasteiger partial charge in [-0.25, -0.2) is 9.80 Å². The topological polar surface area (TPSA) is 85.4 Å². The Kier molecular flexibility index (Phi) is 4.43. The first-order valence-corrected chi connectivity index (χ1v) is 8.04. The van der Waals surface area contributed by atoms with Gasteiger partial charge >= 0.3 is 6.09 Å². The Morgan fingerprint density at radius 3 is 2.65 bits per heavy atom. The number of carboxylic acid groups (broad SMARTS) is 1. The summed E-state index contributed by atoms with van der Waals surface area (Å²) in [6.45, 7) is 0. The molecule has 3 rings (SSSR count). The van der Waals surface area contributed by atoms with Gasteiger partial charge in [0.05, 0.1) is 6.04 Å². The molecule has 6 nitrogen and oxygen atoms in total. The standard InChI is InChI=1S/C16H18ClN3O3/c17-11-6-7-13-10(8-11)9-14(18-13)15(21)19-20(16(22)23)12-4-2-1-3-5-12/h6-9,12,18H,1-5H2,(H,19,21)(H,22,23). The highest BCUT2D eigenvalue weighted by atomic mass is 35.5. The van der Waals surface area contributed by atoms with E-state index in [9.17, 15) is 14.7 Å². The van der Waals surface area contributed by atoms with Crippen LogP contribution < -0.4 is 5.43 Å². The molecule has 0 aliphatic heterocycles. The third kappa shape index (κ3) is 3.42. The van der Waals surface area contributed by atoms with Crippen LogP contribution in [0.15, 0.2) is 24.3 Å². The van der Waals surface area contributed by atoms with Gasteiger partial charge in [-0.15, -0.1) is 0 Å². The predicted octanol–water partition coefficient (Wildman–Crippen LogP) is 3.78. The maximum atomic E-state index is 12.4. The summed E-state index contributed by atoms with van der Waals surface area (Å²) in [6, 6.07) is 6.76. The molecule has 122 valence electrons. The van der Waals surface area contributed by atoms with Gasteiger partial charge in [0.15, 0.2) is 0 Å². The Hall–Kier alpha value is -2.21. The van der Waals surface area contributed by atoms with Gasteiger partial charge in [-0.3, -0.25) is 10.2 Å². The summed E-state index contributed by atoms with van der Waals surface area (Å²) in [7, 11) is 0. The number of hydrazine groups is 1. The van der Waals surface area contributed by atoms with Crippen molar-refractivity contribution in [1.82, 2.24) is 15.4 Å². The lowest BCUT2D eigenvalue weighted by atomic mass is 9.95. The minimum absolute atomic E-state index is 0.163. The molecule has 7 heteroatoms. The number of nitrogens with one attached hydrogen (secondary N) is 2. The summed E-state index contributed by atoms with van der Waals surface area (Å²) in [5, 5.41) is 11.8. The molecule has 1 aromatic heterocycles. The number of rotatable bonds is 2. The molecule has 23 heavy (non-hydrogen) atoms. The highest BCUT2D eigenvalue weighted by Gasteiger charge is 2.27. The van der Waals surface area contributed by atoms with E-state index in [1.807, 2.05) is 0 Å². The number of aromatic amines is 1. The van der Waals surface area contributed by atoms with Crippen molar-refractivity contribution in [3.8, 4) is 0 Å². The third-order valence-corrected chi connectivity index (χ3v) is 4.43. The average molecular weight is 336 g/mol. The van der Waals surface area contributed by atoms with E-state index in [-0.39, 0.29) is 6.04 Å². The van der Waals surface area contributed by atoms with E-state index >= 15 is 0 Å². The van der Waals surface area contributed by atoms with Gasteiger partial charge in [-0.05, 0) is 37.1 Å². The summed E-state index contributed by atoms with van der Waals surface area (Å²) in [5.74, 6) is -0.467. The molecule has 3 N–H and O–H groups in total. The first-order chi connectivity index (χ1) is 11.0. The second kappa shape index (κ2) is 6.50. The molecule has 0 saturated heterocycles. The summed E-state index contributed by atoms with van der Waals surface area (Å²) < 4.78 is 0. The number of benzene rings is 1. The van der Waals surface area contributed by atoms with Gasteiger partial charge in [-0.1, -0.05) is 30.9 Å². The van der Waals surface area contributed by atoms with Crippen LogP contribution in [0.2, 0.25) is 5.02 Å². The van der Waals surface area contributed by atoms with Gasteiger partial charge in [0.25, 0.3) is 5.91 Å². The molecule has 1 aliphatic rings. The molecule has 1 aromatic carbocycles. The number of nitrogens with zero attached hydrogens (tertiary/aromatic N) is 1. The first-order valence-electron chi connectivity index (χ1n) is 7.66. The fraction of sp³-hybridized carbons (Fsp3) is 0.375. The van der Waals surface area contributed by atoms with Crippen LogP contribution in [-0.2, 0) is 0 Å². The van der Waals surface area contributed by atoms with Crippen LogP contribution in [0.3, 0.4) is 0 Å². The fourth-order valence-electron chi connectivity index (χ4n) is 3.03. The van der Waals surface area contributed by atoms with Crippen LogP contribution in [0, 0.1) is 0 Å². The lowest BCUT2D eigenvalue weighted by molar-refractivity contribution is 0.0579. The van der Waals surface area contributed by atoms with Crippen LogP contribution in [0.25, 0.3) is 10.9 Å². The molecule has 1 fully saturated rings. The second-order valence-corrected chi connectivity index (χ2v) is 6.24. The van der Waals surface area contributed by atoms with Gasteiger partial charge in [0.2, 0.25) is 0 Å². The van der Waals surface area contributed by atoms with E-state index in [4.69, 9.17) is 11.6 Å². The Bertz CT molecular complexity index is 737. The van der Waals surface area contributed by atoms with E-state index in [1.54, 1.807) is 24.3 Å². The summed E-state index contributed by atoms with van der Waals surface area (Å²) in [4.78, 5) is 26.8. The third-order valence-electron chi connectivity index (χ3n) is 4.20. The van der Waals surface area contributed by atoms with Crippen LogP contribution in [-0.4, -0.2) is 33.1 Å². The van der Waals surface area contributed by atoms with Crippen molar-refractivity contribution in [1.29, 1.82) is 0 Å². The van der Waals surface area contributed by atoms with E-state index in [2.05, 4.69) is 10.4 Å². The number of amides is 2. The van der Waals surface area contributed by atoms with E-state index in [1.165, 1.54) is 0 Å². The quantitative estimate of drug-likeness (QED) is 0.730. The maximum Gasteiger partial charge on any atom is 0.426 e. The van der Waals surface area contributed by atoms with Gasteiger partial charge < -0.3 is 10.1 Å². The number of hydrogen-bond acceptors (Lipinski definition) is 2. The molecule has 0 spiro atoms. The van der Waals surface area contributed by atoms with Crippen molar-refractivity contribution in [2.24, 2.45) is 0 Å². The molecule has 0 atom stereocenters. The number of hydrogen-bond donors (Lipinski definition) is 3. The molecular weight excluding hydrogens is 318 g/mol. The number of H-pyrrole nitrogens is 1. The van der Waals surface area contributed by atoms with Crippen LogP contribution in [0.4, 0.5) is 4.79 Å². The molecule has 1 heterocycles. The summed E-state index contributed by atoms with van der Waals surface area (Å²) in [5.41, 5.74) is 3.60. The normalized spacial score (nSPS) is 15.5. The zero-order chi connectivity index (χ0) is 16.4. The van der Waals surface area contributed by atoms with Crippen molar-refractivity contribution in [2.45, 2.75) is 38.1 Å². The Morgan fingerprint density at radius 1 is 1.22 bits per heavy atom. The SMILES string of the molecule is O=C(NN(C(=O)O)C1CCCCC1)c1cc2cc(Cl)ccc2[nH]1. The molecule has 2 amide bonds. The average Bonchev–Trinajstić information content (AvgIpc) is 2.96. The molecule has 0 bridgehead atoms. The minimum atomic E-state index is -1.13. The molecule has 0 radical (unpaired) electrons. The highest BCUT2D eigenvalue weighted by Crippen LogP contribution is 2.23. The lowest BCUT2D eigenvalue weighted by Crippen LogP contribution is -2.52. The second-order valence-electron chi connectivity index (χ2n) is 5.80. The summed E-state index contributed by atoms with van der Waals surface area (Å²) in [6.07, 6.45) is 3.49. The predicted molar refractivity (Wildman–Crippen MR) is 87.5 cm³/mol. The highest BCUT2D eigenvalue weighted by molar-refractivity contribution is 6.31. The number of carbonyl (C=O) groups is 2. The monoisotopic (exact) mass is 335 g/mol. The van der Waals surface area contributed by atoms with Crippen LogP contribution in [0.1, 0.15) is 42.6 Å². The van der Waals surface area contributed by atoms with E-state index < -0.39 is 12.0 Å². The molecular formula is C16H18ClN3O3. The maximum absolute atomic E-state index is 12.4. The van der Waals surface area contributed by atoms with Crippen molar-refractivity contribution < 1.29 is 14.7 Å². The number of aromatic nitrogens is 1. The fourth-order valence-corrected chi connectivity index (χ4v) is 3.21. The minimum Gasteiger partial charge on any atom is -0.464 e. The van der Waals surface area contributed by atoms with E-state index in [0.29, 0.717) is 10.7 Å². The van der Waals surface area contributed by atoms with E-state index in [0.717, 1.165) is 48.0 Å². The Balaban J connectivity index is 1.78. The Labute approximate surface area is 138 Å². The zero-order valence-electron chi connectivity index (χ0n) is 12.5. The lowest BCUT2D eigenvalue weighted by Gasteiger charge is -2.31. The molecule has 0 unspecified atom stereocenters. The number of fused-ring (bicyclic) bond motifs is 1.